The first kappa shape index (κ1) is 12.3. The maximum absolute atomic E-state index is 9.49. The van der Waals surface area contributed by atoms with Crippen molar-refractivity contribution in [2.45, 2.75) is 0 Å². The molecule has 4 heteroatoms. The molecule has 1 rings (SSSR count). The van der Waals surface area contributed by atoms with Gasteiger partial charge in [0, 0.05) is 0 Å². The SMILES string of the molecule is COc1ccc(/C=C(\SC)S(C)=[OH+])cc1. The Morgan fingerprint density at radius 1 is 1.40 bits per heavy atom. The molecule has 0 heterocycles. The molecule has 0 bridgehead atoms. The zero-order valence-corrected chi connectivity index (χ0v) is 10.7. The maximum atomic E-state index is 9.49. The summed E-state index contributed by atoms with van der Waals surface area (Å²) in [6.45, 7) is 0. The minimum absolute atomic E-state index is 0.668. The van der Waals surface area contributed by atoms with Crippen LogP contribution in [0.15, 0.2) is 28.5 Å². The van der Waals surface area contributed by atoms with Gasteiger partial charge in [-0.25, -0.2) is 4.21 Å². The predicted molar refractivity (Wildman–Crippen MR) is 69.7 cm³/mol. The normalized spacial score (nSPS) is 13.7. The summed E-state index contributed by atoms with van der Waals surface area (Å²) in [4.78, 5) is 0. The van der Waals surface area contributed by atoms with E-state index in [0.717, 1.165) is 15.6 Å². The van der Waals surface area contributed by atoms with Gasteiger partial charge in [0.2, 0.25) is 10.8 Å². The topological polar surface area (TPSA) is 30.6 Å². The zero-order chi connectivity index (χ0) is 11.3. The van der Waals surface area contributed by atoms with E-state index in [4.69, 9.17) is 4.74 Å². The minimum atomic E-state index is -0.668. The molecule has 0 saturated heterocycles. The molecule has 0 amide bonds. The number of benzene rings is 1. The van der Waals surface area contributed by atoms with E-state index >= 15 is 0 Å². The number of hydrogen-bond donors (Lipinski definition) is 0. The van der Waals surface area contributed by atoms with Crippen molar-refractivity contribution < 1.29 is 8.95 Å². The highest BCUT2D eigenvalue weighted by Gasteiger charge is 2.05. The summed E-state index contributed by atoms with van der Waals surface area (Å²) in [7, 11) is 0.980. The van der Waals surface area contributed by atoms with E-state index in [1.165, 1.54) is 0 Å². The van der Waals surface area contributed by atoms with Gasteiger partial charge in [-0.2, -0.15) is 0 Å². The van der Waals surface area contributed by atoms with Crippen LogP contribution in [0.1, 0.15) is 5.56 Å². The van der Waals surface area contributed by atoms with Crippen molar-refractivity contribution in [1.29, 1.82) is 0 Å². The van der Waals surface area contributed by atoms with Gasteiger partial charge in [0.15, 0.2) is 0 Å². The fourth-order valence-electron chi connectivity index (χ4n) is 1.10. The van der Waals surface area contributed by atoms with E-state index in [1.807, 2.05) is 36.6 Å². The molecule has 1 unspecified atom stereocenters. The van der Waals surface area contributed by atoms with Crippen LogP contribution >= 0.6 is 11.8 Å². The fourth-order valence-corrected chi connectivity index (χ4v) is 2.63. The lowest BCUT2D eigenvalue weighted by Crippen LogP contribution is -1.87. The Labute approximate surface area is 97.2 Å². The fraction of sp³-hybridized carbons (Fsp3) is 0.273. The van der Waals surface area contributed by atoms with Gasteiger partial charge in [0.25, 0.3) is 0 Å². The molecule has 1 aromatic rings. The summed E-state index contributed by atoms with van der Waals surface area (Å²) in [5.41, 5.74) is 1.08. The predicted octanol–water partition coefficient (Wildman–Crippen LogP) is 2.89. The van der Waals surface area contributed by atoms with E-state index in [2.05, 4.69) is 0 Å². The highest BCUT2D eigenvalue weighted by molar-refractivity contribution is 8.16. The third kappa shape index (κ3) is 3.72. The molecule has 15 heavy (non-hydrogen) atoms. The standard InChI is InChI=1S/C11H14O2S2/c1-13-10-6-4-9(5-7-10)8-11(14-2)15(3)12/h4-8H,1-3H3/p+1/b11-8+. The third-order valence-electron chi connectivity index (χ3n) is 1.89. The Morgan fingerprint density at radius 3 is 2.40 bits per heavy atom. The molecule has 1 atom stereocenters. The molecule has 0 saturated carbocycles. The molecule has 2 nitrogen and oxygen atoms in total. The Bertz CT molecular complexity index is 369. The first-order valence-electron chi connectivity index (χ1n) is 4.42. The second kappa shape index (κ2) is 5.98. The second-order valence-electron chi connectivity index (χ2n) is 2.92. The minimum Gasteiger partial charge on any atom is -0.497 e. The number of hydrogen-bond acceptors (Lipinski definition) is 2. The Hall–Kier alpha value is -0.740. The second-order valence-corrected chi connectivity index (χ2v) is 5.42. The Balaban J connectivity index is 2.92. The van der Waals surface area contributed by atoms with E-state index in [-0.39, 0.29) is 0 Å². The Morgan fingerprint density at radius 2 is 2.00 bits per heavy atom. The molecule has 0 spiro atoms. The van der Waals surface area contributed by atoms with E-state index in [9.17, 15) is 4.21 Å². The summed E-state index contributed by atoms with van der Waals surface area (Å²) in [6.07, 6.45) is 5.76. The molecule has 1 aromatic carbocycles. The van der Waals surface area contributed by atoms with Gasteiger partial charge in [-0.1, -0.05) is 12.1 Å². The molecule has 0 fully saturated rings. The highest BCUT2D eigenvalue weighted by Crippen LogP contribution is 2.20. The average molecular weight is 243 g/mol. The molecule has 82 valence electrons. The molecule has 0 radical (unpaired) electrons. The molecule has 1 N–H and O–H groups in total. The van der Waals surface area contributed by atoms with Crippen molar-refractivity contribution in [3.8, 4) is 5.75 Å². The van der Waals surface area contributed by atoms with Crippen LogP contribution in [0.4, 0.5) is 0 Å². The lowest BCUT2D eigenvalue weighted by molar-refractivity contribution is 0.415. The zero-order valence-electron chi connectivity index (χ0n) is 9.06. The van der Waals surface area contributed by atoms with Crippen molar-refractivity contribution >= 4 is 28.6 Å². The van der Waals surface area contributed by atoms with E-state index in [1.54, 1.807) is 25.1 Å². The highest BCUT2D eigenvalue weighted by atomic mass is 32.2. The number of thioether (sulfide) groups is 1. The van der Waals surface area contributed by atoms with Crippen molar-refractivity contribution in [1.82, 2.24) is 0 Å². The van der Waals surface area contributed by atoms with Crippen molar-refractivity contribution in [2.75, 3.05) is 19.6 Å². The summed E-state index contributed by atoms with van der Waals surface area (Å²) < 4.78 is 15.5. The van der Waals surface area contributed by atoms with Gasteiger partial charge in [0.1, 0.15) is 9.99 Å². The largest absolute Gasteiger partial charge is 0.497 e. The summed E-state index contributed by atoms with van der Waals surface area (Å²) >= 11 is 1.58. The van der Waals surface area contributed by atoms with Gasteiger partial charge >= 0.3 is 0 Å². The summed E-state index contributed by atoms with van der Waals surface area (Å²) in [6, 6.07) is 7.77. The van der Waals surface area contributed by atoms with Crippen molar-refractivity contribution in [2.24, 2.45) is 0 Å². The number of rotatable bonds is 4. The van der Waals surface area contributed by atoms with Gasteiger partial charge < -0.3 is 4.74 Å². The maximum Gasteiger partial charge on any atom is 0.222 e. The van der Waals surface area contributed by atoms with E-state index < -0.39 is 10.8 Å². The molecular formula is C11H15O2S2+. The molecule has 0 aliphatic heterocycles. The van der Waals surface area contributed by atoms with E-state index in [0.29, 0.717) is 0 Å². The van der Waals surface area contributed by atoms with Crippen LogP contribution in [0, 0.1) is 0 Å². The van der Waals surface area contributed by atoms with Crippen LogP contribution in [-0.4, -0.2) is 23.8 Å². The number of ether oxygens (including phenoxy) is 1. The van der Waals surface area contributed by atoms with Gasteiger partial charge in [-0.05, 0) is 30.0 Å². The Kier molecular flexibility index (Phi) is 4.91. The quantitative estimate of drug-likeness (QED) is 0.761. The first-order valence-corrected chi connectivity index (χ1v) is 7.23. The van der Waals surface area contributed by atoms with Crippen LogP contribution in [0.25, 0.3) is 6.08 Å². The van der Waals surface area contributed by atoms with Crippen LogP contribution in [0.3, 0.4) is 0 Å². The van der Waals surface area contributed by atoms with Gasteiger partial charge in [0.05, 0.1) is 13.4 Å². The van der Waals surface area contributed by atoms with Crippen LogP contribution in [0.5, 0.6) is 5.75 Å². The summed E-state index contributed by atoms with van der Waals surface area (Å²) in [5, 5.41) is 0. The monoisotopic (exact) mass is 243 g/mol. The average Bonchev–Trinajstić information content (AvgIpc) is 2.26. The van der Waals surface area contributed by atoms with Gasteiger partial charge in [-0.15, -0.1) is 11.8 Å². The number of methoxy groups -OCH3 is 1. The smallest absolute Gasteiger partial charge is 0.222 e. The molecule has 0 aliphatic carbocycles. The molecule has 0 aromatic heterocycles. The van der Waals surface area contributed by atoms with Crippen LogP contribution in [-0.2, 0) is 10.8 Å². The molecular weight excluding hydrogens is 228 g/mol. The first-order chi connectivity index (χ1) is 7.17. The lowest BCUT2D eigenvalue weighted by Gasteiger charge is -2.00. The van der Waals surface area contributed by atoms with Crippen LogP contribution in [0.2, 0.25) is 0 Å². The van der Waals surface area contributed by atoms with Crippen molar-refractivity contribution in [3.63, 3.8) is 0 Å². The third-order valence-corrected chi connectivity index (χ3v) is 4.34. The van der Waals surface area contributed by atoms with Crippen LogP contribution < -0.4 is 4.74 Å². The van der Waals surface area contributed by atoms with Crippen molar-refractivity contribution in [3.05, 3.63) is 34.1 Å². The molecule has 0 aliphatic rings. The summed E-state index contributed by atoms with van der Waals surface area (Å²) in [5.74, 6) is 0.845. The van der Waals surface area contributed by atoms with Gasteiger partial charge in [-0.3, -0.25) is 0 Å². The lowest BCUT2D eigenvalue weighted by atomic mass is 10.2.